The maximum absolute atomic E-state index is 13.3. The second kappa shape index (κ2) is 6.78. The molecule has 0 spiro atoms. The van der Waals surface area contributed by atoms with Crippen LogP contribution in [-0.2, 0) is 4.74 Å². The van der Waals surface area contributed by atoms with E-state index >= 15 is 0 Å². The van der Waals surface area contributed by atoms with Gasteiger partial charge in [-0.25, -0.2) is 13.6 Å². The monoisotopic (exact) mass is 370 g/mol. The number of carbonyl (C=O) groups is 1. The van der Waals surface area contributed by atoms with Gasteiger partial charge in [0.15, 0.2) is 5.76 Å². The summed E-state index contributed by atoms with van der Waals surface area (Å²) in [4.78, 5) is 12.2. The molecule has 0 aliphatic heterocycles. The average molecular weight is 370 g/mol. The summed E-state index contributed by atoms with van der Waals surface area (Å²) in [5.74, 6) is -0.954. The number of halogens is 2. The highest BCUT2D eigenvalue weighted by atomic mass is 28.4. The third-order valence-corrected chi connectivity index (χ3v) is 8.90. The smallest absolute Gasteiger partial charge is 0.342 e. The van der Waals surface area contributed by atoms with Crippen molar-refractivity contribution in [1.82, 2.24) is 0 Å². The Labute approximate surface area is 147 Å². The van der Waals surface area contributed by atoms with Crippen molar-refractivity contribution >= 4 is 25.3 Å². The van der Waals surface area contributed by atoms with Gasteiger partial charge in [-0.05, 0) is 43.3 Å². The zero-order valence-electron chi connectivity index (χ0n) is 15.4. The summed E-state index contributed by atoms with van der Waals surface area (Å²) in [6.07, 6.45) is -2.91. The highest BCUT2D eigenvalue weighted by molar-refractivity contribution is 6.74. The maximum atomic E-state index is 13.3. The van der Waals surface area contributed by atoms with E-state index in [1.54, 1.807) is 25.1 Å². The summed E-state index contributed by atoms with van der Waals surface area (Å²) >= 11 is 0. The third-order valence-electron chi connectivity index (χ3n) is 4.54. The van der Waals surface area contributed by atoms with E-state index in [9.17, 15) is 13.6 Å². The molecule has 0 aliphatic rings. The third kappa shape index (κ3) is 3.86. The molecule has 0 N–H and O–H groups in total. The predicted octanol–water partition coefficient (Wildman–Crippen LogP) is 5.93. The lowest BCUT2D eigenvalue weighted by Gasteiger charge is -2.36. The minimum Gasteiger partial charge on any atom is -0.543 e. The van der Waals surface area contributed by atoms with Crippen LogP contribution in [0.25, 0.3) is 11.0 Å². The fourth-order valence-corrected chi connectivity index (χ4v) is 3.20. The molecule has 0 atom stereocenters. The quantitative estimate of drug-likeness (QED) is 0.483. The van der Waals surface area contributed by atoms with Crippen LogP contribution in [0.4, 0.5) is 8.78 Å². The van der Waals surface area contributed by atoms with Gasteiger partial charge < -0.3 is 13.6 Å². The summed E-state index contributed by atoms with van der Waals surface area (Å²) in [6.45, 7) is 12.2. The number of carbonyl (C=O) groups excluding carboxylic acids is 1. The minimum atomic E-state index is -2.91. The fraction of sp³-hybridized carbons (Fsp3) is 0.500. The molecular formula is C18H24F2O4Si. The van der Waals surface area contributed by atoms with Crippen molar-refractivity contribution in [2.45, 2.75) is 52.3 Å². The summed E-state index contributed by atoms with van der Waals surface area (Å²) in [6, 6.07) is 4.81. The first-order valence-electron chi connectivity index (χ1n) is 8.18. The Hall–Kier alpha value is -1.89. The van der Waals surface area contributed by atoms with Gasteiger partial charge in [-0.1, -0.05) is 20.8 Å². The van der Waals surface area contributed by atoms with E-state index in [0.29, 0.717) is 5.75 Å². The Balaban J connectivity index is 2.55. The molecule has 0 saturated heterocycles. The van der Waals surface area contributed by atoms with Gasteiger partial charge in [0.25, 0.3) is 6.43 Å². The average Bonchev–Trinajstić information content (AvgIpc) is 2.84. The zero-order valence-corrected chi connectivity index (χ0v) is 16.4. The van der Waals surface area contributed by atoms with E-state index in [4.69, 9.17) is 13.6 Å². The van der Waals surface area contributed by atoms with Gasteiger partial charge in [0.1, 0.15) is 16.9 Å². The van der Waals surface area contributed by atoms with Crippen LogP contribution in [0.15, 0.2) is 22.6 Å². The SMILES string of the molecule is CCOC(=O)c1c(C(F)F)oc2ccc(O[Si](C)(C)C(C)(C)C)cc12. The Bertz CT molecular complexity index is 775. The highest BCUT2D eigenvalue weighted by Crippen LogP contribution is 2.39. The number of rotatable bonds is 5. The lowest BCUT2D eigenvalue weighted by Crippen LogP contribution is -2.43. The molecule has 25 heavy (non-hydrogen) atoms. The van der Waals surface area contributed by atoms with Crippen LogP contribution in [0.2, 0.25) is 18.1 Å². The highest BCUT2D eigenvalue weighted by Gasteiger charge is 2.39. The van der Waals surface area contributed by atoms with Crippen molar-refractivity contribution in [3.63, 3.8) is 0 Å². The molecule has 0 bridgehead atoms. The number of ether oxygens (including phenoxy) is 1. The Morgan fingerprint density at radius 2 is 1.92 bits per heavy atom. The standard InChI is InChI=1S/C18H24F2O4Si/c1-7-22-17(21)14-12-10-11(24-25(5,6)18(2,3)4)8-9-13(12)23-15(14)16(19)20/h8-10,16H,7H2,1-6H3. The summed E-state index contributed by atoms with van der Waals surface area (Å²) in [5, 5.41) is 0.265. The summed E-state index contributed by atoms with van der Waals surface area (Å²) in [5.41, 5.74) is -0.0199. The van der Waals surface area contributed by atoms with Crippen LogP contribution < -0.4 is 4.43 Å². The minimum absolute atomic E-state index is 0.0174. The summed E-state index contributed by atoms with van der Waals surface area (Å²) in [7, 11) is -2.10. The Morgan fingerprint density at radius 3 is 2.44 bits per heavy atom. The van der Waals surface area contributed by atoms with Crippen LogP contribution >= 0.6 is 0 Å². The second-order valence-corrected chi connectivity index (χ2v) is 12.1. The fourth-order valence-electron chi connectivity index (χ4n) is 2.17. The molecule has 0 fully saturated rings. The molecule has 138 valence electrons. The number of alkyl halides is 2. The second-order valence-electron chi connectivity index (χ2n) is 7.38. The molecule has 0 unspecified atom stereocenters. The normalized spacial score (nSPS) is 12.7. The molecular weight excluding hydrogens is 346 g/mol. The molecule has 2 aromatic rings. The van der Waals surface area contributed by atoms with Crippen LogP contribution in [0.5, 0.6) is 5.75 Å². The zero-order chi connectivity index (χ0) is 19.0. The molecule has 1 heterocycles. The van der Waals surface area contributed by atoms with Gasteiger partial charge in [-0.15, -0.1) is 0 Å². The lowest BCUT2D eigenvalue weighted by molar-refractivity contribution is 0.0509. The molecule has 0 saturated carbocycles. The number of hydrogen-bond acceptors (Lipinski definition) is 4. The van der Waals surface area contributed by atoms with Crippen molar-refractivity contribution in [3.8, 4) is 5.75 Å². The van der Waals surface area contributed by atoms with E-state index in [0.717, 1.165) is 0 Å². The van der Waals surface area contributed by atoms with Crippen LogP contribution in [-0.4, -0.2) is 20.9 Å². The Morgan fingerprint density at radius 1 is 1.28 bits per heavy atom. The van der Waals surface area contributed by atoms with E-state index in [1.165, 1.54) is 0 Å². The van der Waals surface area contributed by atoms with Crippen LogP contribution in [0.1, 0.15) is 50.2 Å². The van der Waals surface area contributed by atoms with E-state index in [1.807, 2.05) is 0 Å². The molecule has 4 nitrogen and oxygen atoms in total. The van der Waals surface area contributed by atoms with Crippen molar-refractivity contribution in [2.24, 2.45) is 0 Å². The van der Waals surface area contributed by atoms with Gasteiger partial charge >= 0.3 is 5.97 Å². The van der Waals surface area contributed by atoms with Crippen molar-refractivity contribution in [3.05, 3.63) is 29.5 Å². The van der Waals surface area contributed by atoms with Gasteiger partial charge in [-0.3, -0.25) is 0 Å². The van der Waals surface area contributed by atoms with Crippen molar-refractivity contribution < 1.29 is 27.2 Å². The van der Waals surface area contributed by atoms with Crippen LogP contribution in [0.3, 0.4) is 0 Å². The molecule has 2 rings (SSSR count). The van der Waals surface area contributed by atoms with Crippen molar-refractivity contribution in [2.75, 3.05) is 6.61 Å². The molecule has 0 aliphatic carbocycles. The number of benzene rings is 1. The molecule has 1 aromatic heterocycles. The van der Waals surface area contributed by atoms with Crippen LogP contribution in [0, 0.1) is 0 Å². The van der Waals surface area contributed by atoms with Gasteiger partial charge in [0.2, 0.25) is 8.32 Å². The number of fused-ring (bicyclic) bond motifs is 1. The number of esters is 1. The van der Waals surface area contributed by atoms with E-state index < -0.39 is 26.5 Å². The maximum Gasteiger partial charge on any atom is 0.342 e. The first-order valence-corrected chi connectivity index (χ1v) is 11.1. The largest absolute Gasteiger partial charge is 0.543 e. The van der Waals surface area contributed by atoms with Gasteiger partial charge in [-0.2, -0.15) is 0 Å². The van der Waals surface area contributed by atoms with E-state index in [2.05, 4.69) is 33.9 Å². The summed E-state index contributed by atoms with van der Waals surface area (Å²) < 4.78 is 42.8. The van der Waals surface area contributed by atoms with Gasteiger partial charge in [0, 0.05) is 5.39 Å². The topological polar surface area (TPSA) is 48.7 Å². The molecule has 7 heteroatoms. The first kappa shape index (κ1) is 19.4. The molecule has 0 radical (unpaired) electrons. The van der Waals surface area contributed by atoms with E-state index in [-0.39, 0.29) is 28.2 Å². The lowest BCUT2D eigenvalue weighted by atomic mass is 10.1. The Kier molecular flexibility index (Phi) is 5.27. The number of hydrogen-bond donors (Lipinski definition) is 0. The predicted molar refractivity (Wildman–Crippen MR) is 95.0 cm³/mol. The first-order chi connectivity index (χ1) is 11.5. The molecule has 0 amide bonds. The van der Waals surface area contributed by atoms with Gasteiger partial charge in [0.05, 0.1) is 6.61 Å². The molecule has 1 aromatic carbocycles. The van der Waals surface area contributed by atoms with Crippen molar-refractivity contribution in [1.29, 1.82) is 0 Å². The number of furan rings is 1.